The summed E-state index contributed by atoms with van der Waals surface area (Å²) in [6.45, 7) is -0.0533. The zero-order chi connectivity index (χ0) is 20.5. The molecule has 4 atom stereocenters. The smallest absolute Gasteiger partial charge is 0.167 e. The van der Waals surface area contributed by atoms with Crippen molar-refractivity contribution in [3.63, 3.8) is 0 Å². The van der Waals surface area contributed by atoms with Gasteiger partial charge in [0.15, 0.2) is 34.7 Å². The summed E-state index contributed by atoms with van der Waals surface area (Å²) in [5, 5.41) is 42.6. The van der Waals surface area contributed by atoms with Gasteiger partial charge in [0, 0.05) is 6.54 Å². The molecule has 0 radical (unpaired) electrons. The number of anilines is 1. The number of phenols is 1. The Bertz CT molecular complexity index is 1010. The molecule has 1 aliphatic heterocycles. The molecule has 5 N–H and O–H groups in total. The highest BCUT2D eigenvalue weighted by molar-refractivity contribution is 5.82. The van der Waals surface area contributed by atoms with Gasteiger partial charge in [0.25, 0.3) is 0 Å². The SMILES string of the molecule is COc1ccc(CNc2ncnc3c2ncn3C2OC(CO)C(O)C2O)cc1O. The number of rotatable bonds is 6. The number of hydrogen-bond donors (Lipinski definition) is 5. The molecule has 3 aromatic rings. The van der Waals surface area contributed by atoms with Crippen LogP contribution in [0.15, 0.2) is 30.9 Å². The number of aromatic nitrogens is 4. The van der Waals surface area contributed by atoms with Gasteiger partial charge in [0.2, 0.25) is 0 Å². The molecule has 4 unspecified atom stereocenters. The van der Waals surface area contributed by atoms with Crippen LogP contribution in [0.1, 0.15) is 11.8 Å². The molecule has 0 bridgehead atoms. The monoisotopic (exact) mass is 403 g/mol. The number of aromatic hydroxyl groups is 1. The molecule has 11 nitrogen and oxygen atoms in total. The van der Waals surface area contributed by atoms with Gasteiger partial charge in [-0.3, -0.25) is 4.57 Å². The zero-order valence-electron chi connectivity index (χ0n) is 15.5. The van der Waals surface area contributed by atoms with Crippen molar-refractivity contribution in [3.05, 3.63) is 36.4 Å². The Kier molecular flexibility index (Phi) is 5.20. The summed E-state index contributed by atoms with van der Waals surface area (Å²) < 4.78 is 12.1. The fraction of sp³-hybridized carbons (Fsp3) is 0.389. The van der Waals surface area contributed by atoms with Gasteiger partial charge in [-0.05, 0) is 17.7 Å². The number of benzene rings is 1. The quantitative estimate of drug-likeness (QED) is 0.372. The second-order valence-electron chi connectivity index (χ2n) is 6.63. The third kappa shape index (κ3) is 3.44. The van der Waals surface area contributed by atoms with E-state index >= 15 is 0 Å². The molecule has 1 aliphatic rings. The minimum atomic E-state index is -1.24. The predicted octanol–water partition coefficient (Wildman–Crippen LogP) is -0.236. The molecule has 0 aliphatic carbocycles. The van der Waals surface area contributed by atoms with Crippen molar-refractivity contribution in [2.75, 3.05) is 19.0 Å². The van der Waals surface area contributed by atoms with Crippen LogP contribution in [0.5, 0.6) is 11.5 Å². The highest BCUT2D eigenvalue weighted by atomic mass is 16.6. The van der Waals surface area contributed by atoms with E-state index in [-0.39, 0.29) is 5.75 Å². The number of methoxy groups -OCH3 is 1. The summed E-state index contributed by atoms with van der Waals surface area (Å²) in [6.07, 6.45) is -1.51. The molecule has 0 saturated carbocycles. The zero-order valence-corrected chi connectivity index (χ0v) is 15.5. The van der Waals surface area contributed by atoms with E-state index in [2.05, 4.69) is 20.3 Å². The second-order valence-corrected chi connectivity index (χ2v) is 6.63. The number of imidazole rings is 1. The lowest BCUT2D eigenvalue weighted by atomic mass is 10.1. The first-order chi connectivity index (χ1) is 14.0. The molecule has 0 spiro atoms. The van der Waals surface area contributed by atoms with E-state index in [4.69, 9.17) is 9.47 Å². The number of nitrogens with zero attached hydrogens (tertiary/aromatic N) is 4. The van der Waals surface area contributed by atoms with Crippen LogP contribution in [0, 0.1) is 0 Å². The Morgan fingerprint density at radius 1 is 1.21 bits per heavy atom. The third-order valence-corrected chi connectivity index (χ3v) is 4.85. The maximum Gasteiger partial charge on any atom is 0.167 e. The molecule has 0 amide bonds. The van der Waals surface area contributed by atoms with Crippen LogP contribution in [-0.4, -0.2) is 72.0 Å². The second kappa shape index (κ2) is 7.79. The summed E-state index contributed by atoms with van der Waals surface area (Å²) in [5.41, 5.74) is 1.65. The maximum absolute atomic E-state index is 10.3. The van der Waals surface area contributed by atoms with E-state index in [1.165, 1.54) is 24.3 Å². The fourth-order valence-electron chi connectivity index (χ4n) is 3.31. The van der Waals surface area contributed by atoms with E-state index in [0.29, 0.717) is 29.3 Å². The van der Waals surface area contributed by atoms with E-state index < -0.39 is 31.1 Å². The van der Waals surface area contributed by atoms with Crippen LogP contribution in [0.25, 0.3) is 11.2 Å². The number of phenolic OH excluding ortho intramolecular Hbond substituents is 1. The predicted molar refractivity (Wildman–Crippen MR) is 100 cm³/mol. The fourth-order valence-corrected chi connectivity index (χ4v) is 3.31. The van der Waals surface area contributed by atoms with Crippen molar-refractivity contribution in [2.45, 2.75) is 31.1 Å². The third-order valence-electron chi connectivity index (χ3n) is 4.85. The minimum absolute atomic E-state index is 0.0354. The molecular formula is C18H21N5O6. The standard InChI is InChI=1S/C18H21N5O6/c1-28-11-3-2-9(4-10(11)25)5-19-16-13-17(21-7-20-16)23(8-22-13)18-15(27)14(26)12(6-24)29-18/h2-4,7-8,12,14-15,18,24-27H,5-6H2,1H3,(H,19,20,21). The molecule has 11 heteroatoms. The van der Waals surface area contributed by atoms with Gasteiger partial charge in [0.1, 0.15) is 24.6 Å². The van der Waals surface area contributed by atoms with Crippen LogP contribution in [0.4, 0.5) is 5.82 Å². The Morgan fingerprint density at radius 2 is 2.03 bits per heavy atom. The van der Waals surface area contributed by atoms with E-state index in [1.54, 1.807) is 12.1 Å². The van der Waals surface area contributed by atoms with Gasteiger partial charge in [-0.2, -0.15) is 0 Å². The summed E-state index contributed by atoms with van der Waals surface area (Å²) in [6, 6.07) is 5.06. The van der Waals surface area contributed by atoms with Gasteiger partial charge in [-0.15, -0.1) is 0 Å². The van der Waals surface area contributed by atoms with Crippen molar-refractivity contribution in [2.24, 2.45) is 0 Å². The molecule has 29 heavy (non-hydrogen) atoms. The van der Waals surface area contributed by atoms with Crippen molar-refractivity contribution in [3.8, 4) is 11.5 Å². The van der Waals surface area contributed by atoms with Crippen LogP contribution in [0.2, 0.25) is 0 Å². The number of nitrogens with one attached hydrogen (secondary N) is 1. The lowest BCUT2D eigenvalue weighted by Crippen LogP contribution is -2.33. The van der Waals surface area contributed by atoms with Crippen molar-refractivity contribution < 1.29 is 29.9 Å². The Labute approximate surface area is 165 Å². The Balaban J connectivity index is 1.57. The maximum atomic E-state index is 10.3. The number of ether oxygens (including phenoxy) is 2. The van der Waals surface area contributed by atoms with E-state index in [1.807, 2.05) is 6.07 Å². The summed E-state index contributed by atoms with van der Waals surface area (Å²) in [7, 11) is 1.48. The number of aliphatic hydroxyl groups is 3. The van der Waals surface area contributed by atoms with Gasteiger partial charge in [-0.25, -0.2) is 15.0 Å². The summed E-state index contributed by atoms with van der Waals surface area (Å²) in [5.74, 6) is 0.875. The molecule has 1 fully saturated rings. The highest BCUT2D eigenvalue weighted by Gasteiger charge is 2.44. The van der Waals surface area contributed by atoms with Gasteiger partial charge < -0.3 is 35.2 Å². The molecular weight excluding hydrogens is 382 g/mol. The Morgan fingerprint density at radius 3 is 2.72 bits per heavy atom. The number of hydrogen-bond acceptors (Lipinski definition) is 10. The minimum Gasteiger partial charge on any atom is -0.504 e. The normalized spacial score (nSPS) is 24.1. The summed E-state index contributed by atoms with van der Waals surface area (Å²) >= 11 is 0. The van der Waals surface area contributed by atoms with Crippen molar-refractivity contribution >= 4 is 17.0 Å². The number of fused-ring (bicyclic) bond motifs is 1. The topological polar surface area (TPSA) is 155 Å². The first kappa shape index (κ1) is 19.3. The molecule has 1 saturated heterocycles. The molecule has 4 rings (SSSR count). The van der Waals surface area contributed by atoms with Crippen LogP contribution >= 0.6 is 0 Å². The van der Waals surface area contributed by atoms with E-state index in [0.717, 1.165) is 5.56 Å². The molecule has 154 valence electrons. The summed E-state index contributed by atoms with van der Waals surface area (Å²) in [4.78, 5) is 12.7. The van der Waals surface area contributed by atoms with E-state index in [9.17, 15) is 20.4 Å². The van der Waals surface area contributed by atoms with Gasteiger partial charge >= 0.3 is 0 Å². The van der Waals surface area contributed by atoms with Crippen molar-refractivity contribution in [1.29, 1.82) is 0 Å². The Hall–Kier alpha value is -2.99. The average molecular weight is 403 g/mol. The molecule has 3 heterocycles. The van der Waals surface area contributed by atoms with Crippen LogP contribution in [-0.2, 0) is 11.3 Å². The van der Waals surface area contributed by atoms with Gasteiger partial charge in [-0.1, -0.05) is 6.07 Å². The van der Waals surface area contributed by atoms with Crippen molar-refractivity contribution in [1.82, 2.24) is 19.5 Å². The largest absolute Gasteiger partial charge is 0.504 e. The molecule has 2 aromatic heterocycles. The first-order valence-corrected chi connectivity index (χ1v) is 8.93. The molecule has 1 aromatic carbocycles. The first-order valence-electron chi connectivity index (χ1n) is 8.93. The highest BCUT2D eigenvalue weighted by Crippen LogP contribution is 2.32. The number of aliphatic hydroxyl groups excluding tert-OH is 3. The van der Waals surface area contributed by atoms with Crippen LogP contribution in [0.3, 0.4) is 0 Å². The van der Waals surface area contributed by atoms with Gasteiger partial charge in [0.05, 0.1) is 20.0 Å². The lowest BCUT2D eigenvalue weighted by Gasteiger charge is -2.16. The van der Waals surface area contributed by atoms with Crippen LogP contribution < -0.4 is 10.1 Å². The average Bonchev–Trinajstić information content (AvgIpc) is 3.28. The lowest BCUT2D eigenvalue weighted by molar-refractivity contribution is -0.0511.